The molecule has 0 fully saturated rings. The number of benzene rings is 2. The molecule has 0 heterocycles. The van der Waals surface area contributed by atoms with Gasteiger partial charge in [0.15, 0.2) is 0 Å². The minimum atomic E-state index is -0.252. The average molecular weight is 364 g/mol. The van der Waals surface area contributed by atoms with Gasteiger partial charge in [0.2, 0.25) is 5.91 Å². The van der Waals surface area contributed by atoms with E-state index >= 15 is 0 Å². The lowest BCUT2D eigenvalue weighted by Crippen LogP contribution is -2.34. The molecule has 2 aromatic rings. The fourth-order valence-electron chi connectivity index (χ4n) is 2.32. The molecule has 0 saturated heterocycles. The summed E-state index contributed by atoms with van der Waals surface area (Å²) in [6.07, 6.45) is 1.49. The zero-order valence-corrected chi connectivity index (χ0v) is 14.1. The number of aryl methyl sites for hydroxylation is 1. The van der Waals surface area contributed by atoms with Crippen molar-refractivity contribution in [1.82, 2.24) is 5.32 Å². The Bertz CT molecular complexity index is 627. The molecular weight excluding hydrogens is 345 g/mol. The summed E-state index contributed by atoms with van der Waals surface area (Å²) in [5.41, 5.74) is 1.75. The third-order valence-electron chi connectivity index (χ3n) is 3.44. The molecule has 0 saturated carbocycles. The quantitative estimate of drug-likeness (QED) is 0.815. The topological polar surface area (TPSA) is 29.1 Å². The molecule has 0 bridgehead atoms. The van der Waals surface area contributed by atoms with Crippen molar-refractivity contribution in [2.45, 2.75) is 32.2 Å². The molecule has 0 radical (unpaired) electrons. The van der Waals surface area contributed by atoms with E-state index in [0.29, 0.717) is 18.4 Å². The number of carbonyl (C=O) groups excluding carboxylic acids is 1. The number of hydrogen-bond acceptors (Lipinski definition) is 1. The highest BCUT2D eigenvalue weighted by molar-refractivity contribution is 9.10. The molecular formula is C18H19BrFNO. The maximum Gasteiger partial charge on any atom is 0.220 e. The molecule has 2 rings (SSSR count). The Hall–Kier alpha value is -1.68. The van der Waals surface area contributed by atoms with Gasteiger partial charge in [0, 0.05) is 16.9 Å². The predicted molar refractivity (Wildman–Crippen MR) is 90.2 cm³/mol. The molecule has 0 aliphatic carbocycles. The summed E-state index contributed by atoms with van der Waals surface area (Å²) < 4.78 is 14.5. The SMILES string of the molecule is CC(Cc1ccc(Br)cc1)NC(=O)CCc1ccccc1F. The summed E-state index contributed by atoms with van der Waals surface area (Å²) >= 11 is 3.40. The Balaban J connectivity index is 1.79. The smallest absolute Gasteiger partial charge is 0.220 e. The summed E-state index contributed by atoms with van der Waals surface area (Å²) in [4.78, 5) is 11.9. The van der Waals surface area contributed by atoms with E-state index in [2.05, 4.69) is 21.2 Å². The normalized spacial score (nSPS) is 12.0. The largest absolute Gasteiger partial charge is 0.353 e. The molecule has 1 unspecified atom stereocenters. The Morgan fingerprint density at radius 3 is 2.55 bits per heavy atom. The van der Waals surface area contributed by atoms with Crippen LogP contribution in [0.1, 0.15) is 24.5 Å². The van der Waals surface area contributed by atoms with Gasteiger partial charge in [0.05, 0.1) is 0 Å². The van der Waals surface area contributed by atoms with E-state index in [-0.39, 0.29) is 17.8 Å². The third kappa shape index (κ3) is 5.26. The molecule has 0 aromatic heterocycles. The second-order valence-electron chi connectivity index (χ2n) is 5.39. The number of halogens is 2. The van der Waals surface area contributed by atoms with Crippen molar-refractivity contribution >= 4 is 21.8 Å². The predicted octanol–water partition coefficient (Wildman–Crippen LogP) is 4.27. The van der Waals surface area contributed by atoms with E-state index in [1.807, 2.05) is 31.2 Å². The molecule has 0 aliphatic heterocycles. The van der Waals surface area contributed by atoms with Crippen molar-refractivity contribution in [3.8, 4) is 0 Å². The van der Waals surface area contributed by atoms with Gasteiger partial charge in [-0.05, 0) is 49.1 Å². The first-order valence-corrected chi connectivity index (χ1v) is 8.11. The summed E-state index contributed by atoms with van der Waals surface area (Å²) in [5.74, 6) is -0.300. The Morgan fingerprint density at radius 2 is 1.86 bits per heavy atom. The average Bonchev–Trinajstić information content (AvgIpc) is 2.49. The van der Waals surface area contributed by atoms with Gasteiger partial charge in [0.1, 0.15) is 5.82 Å². The second kappa shape index (κ2) is 8.08. The molecule has 1 amide bonds. The van der Waals surface area contributed by atoms with Crippen LogP contribution in [0.25, 0.3) is 0 Å². The fourth-order valence-corrected chi connectivity index (χ4v) is 2.59. The van der Waals surface area contributed by atoms with Gasteiger partial charge in [-0.15, -0.1) is 0 Å². The molecule has 2 nitrogen and oxygen atoms in total. The zero-order valence-electron chi connectivity index (χ0n) is 12.5. The number of amides is 1. The standard InChI is InChI=1S/C18H19BrFNO/c1-13(12-14-6-9-16(19)10-7-14)21-18(22)11-8-15-4-2-3-5-17(15)20/h2-7,9-10,13H,8,11-12H2,1H3,(H,21,22). The lowest BCUT2D eigenvalue weighted by atomic mass is 10.1. The van der Waals surface area contributed by atoms with Crippen LogP contribution in [-0.2, 0) is 17.6 Å². The van der Waals surface area contributed by atoms with E-state index in [4.69, 9.17) is 0 Å². The van der Waals surface area contributed by atoms with E-state index in [0.717, 1.165) is 10.9 Å². The van der Waals surface area contributed by atoms with E-state index < -0.39 is 0 Å². The number of nitrogens with one attached hydrogen (secondary N) is 1. The van der Waals surface area contributed by atoms with Crippen molar-refractivity contribution in [1.29, 1.82) is 0 Å². The van der Waals surface area contributed by atoms with E-state index in [1.54, 1.807) is 18.2 Å². The van der Waals surface area contributed by atoms with Gasteiger partial charge < -0.3 is 5.32 Å². The van der Waals surface area contributed by atoms with Crippen molar-refractivity contribution in [2.75, 3.05) is 0 Å². The minimum Gasteiger partial charge on any atom is -0.353 e. The number of hydrogen-bond donors (Lipinski definition) is 1. The van der Waals surface area contributed by atoms with E-state index in [1.165, 1.54) is 11.6 Å². The fraction of sp³-hybridized carbons (Fsp3) is 0.278. The second-order valence-corrected chi connectivity index (χ2v) is 6.31. The van der Waals surface area contributed by atoms with Gasteiger partial charge in [-0.3, -0.25) is 4.79 Å². The Labute approximate surface area is 138 Å². The highest BCUT2D eigenvalue weighted by Crippen LogP contribution is 2.12. The maximum absolute atomic E-state index is 13.5. The van der Waals surface area contributed by atoms with Gasteiger partial charge in [-0.1, -0.05) is 46.3 Å². The highest BCUT2D eigenvalue weighted by Gasteiger charge is 2.09. The van der Waals surface area contributed by atoms with Crippen molar-refractivity contribution in [2.24, 2.45) is 0 Å². The molecule has 1 N–H and O–H groups in total. The van der Waals surface area contributed by atoms with Crippen LogP contribution in [0, 0.1) is 5.82 Å². The summed E-state index contributed by atoms with van der Waals surface area (Å²) in [5, 5.41) is 2.96. The first-order chi connectivity index (χ1) is 10.5. The van der Waals surface area contributed by atoms with Crippen LogP contribution in [0.3, 0.4) is 0 Å². The molecule has 0 spiro atoms. The molecule has 2 aromatic carbocycles. The van der Waals surface area contributed by atoms with Crippen LogP contribution >= 0.6 is 15.9 Å². The van der Waals surface area contributed by atoms with Crippen LogP contribution < -0.4 is 5.32 Å². The van der Waals surface area contributed by atoms with Crippen molar-refractivity contribution < 1.29 is 9.18 Å². The van der Waals surface area contributed by atoms with Crippen LogP contribution in [0.15, 0.2) is 53.0 Å². The Kier molecular flexibility index (Phi) is 6.13. The van der Waals surface area contributed by atoms with Crippen LogP contribution in [0.4, 0.5) is 4.39 Å². The van der Waals surface area contributed by atoms with Gasteiger partial charge in [0.25, 0.3) is 0 Å². The lowest BCUT2D eigenvalue weighted by Gasteiger charge is -2.14. The van der Waals surface area contributed by atoms with Crippen molar-refractivity contribution in [3.05, 3.63) is 69.9 Å². The number of carbonyl (C=O) groups is 1. The minimum absolute atomic E-state index is 0.0483. The zero-order chi connectivity index (χ0) is 15.9. The monoisotopic (exact) mass is 363 g/mol. The molecule has 4 heteroatoms. The molecule has 0 aliphatic rings. The Morgan fingerprint density at radius 1 is 1.18 bits per heavy atom. The first-order valence-electron chi connectivity index (χ1n) is 7.32. The lowest BCUT2D eigenvalue weighted by molar-refractivity contribution is -0.121. The van der Waals surface area contributed by atoms with Crippen LogP contribution in [-0.4, -0.2) is 11.9 Å². The molecule has 116 valence electrons. The van der Waals surface area contributed by atoms with Gasteiger partial charge in [-0.2, -0.15) is 0 Å². The van der Waals surface area contributed by atoms with E-state index in [9.17, 15) is 9.18 Å². The van der Waals surface area contributed by atoms with Crippen molar-refractivity contribution in [3.63, 3.8) is 0 Å². The summed E-state index contributed by atoms with van der Waals surface area (Å²) in [6, 6.07) is 14.7. The summed E-state index contributed by atoms with van der Waals surface area (Å²) in [6.45, 7) is 1.98. The molecule has 22 heavy (non-hydrogen) atoms. The van der Waals surface area contributed by atoms with Gasteiger partial charge in [-0.25, -0.2) is 4.39 Å². The first kappa shape index (κ1) is 16.7. The molecule has 1 atom stereocenters. The number of rotatable bonds is 6. The van der Waals surface area contributed by atoms with Crippen LogP contribution in [0.2, 0.25) is 0 Å². The van der Waals surface area contributed by atoms with Gasteiger partial charge >= 0.3 is 0 Å². The highest BCUT2D eigenvalue weighted by atomic mass is 79.9. The third-order valence-corrected chi connectivity index (χ3v) is 3.97. The maximum atomic E-state index is 13.5. The summed E-state index contributed by atoms with van der Waals surface area (Å²) in [7, 11) is 0. The van der Waals surface area contributed by atoms with Crippen LogP contribution in [0.5, 0.6) is 0 Å².